The summed E-state index contributed by atoms with van der Waals surface area (Å²) in [4.78, 5) is 33.4. The lowest BCUT2D eigenvalue weighted by atomic mass is 9.81. The van der Waals surface area contributed by atoms with Crippen LogP contribution in [-0.2, 0) is 9.53 Å². The lowest BCUT2D eigenvalue weighted by Gasteiger charge is -2.41. The first-order chi connectivity index (χ1) is 18.6. The van der Waals surface area contributed by atoms with Crippen LogP contribution in [0.2, 0.25) is 0 Å². The van der Waals surface area contributed by atoms with Gasteiger partial charge in [0, 0.05) is 42.4 Å². The van der Waals surface area contributed by atoms with Gasteiger partial charge in [0.05, 0.1) is 30.8 Å². The van der Waals surface area contributed by atoms with E-state index in [0.29, 0.717) is 23.8 Å². The van der Waals surface area contributed by atoms with Crippen molar-refractivity contribution in [3.8, 4) is 11.3 Å². The van der Waals surface area contributed by atoms with Crippen molar-refractivity contribution < 1.29 is 18.7 Å². The highest BCUT2D eigenvalue weighted by Gasteiger charge is 2.48. The molecule has 3 heterocycles. The number of amides is 2. The van der Waals surface area contributed by atoms with Gasteiger partial charge in [0.1, 0.15) is 0 Å². The zero-order chi connectivity index (χ0) is 26.1. The Bertz CT molecular complexity index is 1280. The number of ether oxygens (including phenoxy) is 1. The molecule has 3 aliphatic rings. The lowest BCUT2D eigenvalue weighted by molar-refractivity contribution is -0.139. The molecule has 198 valence electrons. The lowest BCUT2D eigenvalue weighted by Crippen LogP contribution is -2.50. The van der Waals surface area contributed by atoms with Crippen LogP contribution in [-0.4, -0.2) is 54.0 Å². The van der Waals surface area contributed by atoms with Crippen molar-refractivity contribution in [2.24, 2.45) is 11.8 Å². The number of nitrogens with zero attached hydrogens (tertiary/aromatic N) is 2. The average Bonchev–Trinajstić information content (AvgIpc) is 3.65. The highest BCUT2D eigenvalue weighted by atomic mass is 16.5. The number of carbonyl (C=O) groups excluding carboxylic acids is 2. The first-order valence-electron chi connectivity index (χ1n) is 13.6. The van der Waals surface area contributed by atoms with E-state index in [1.165, 1.54) is 12.0 Å². The van der Waals surface area contributed by atoms with Gasteiger partial charge in [-0.2, -0.15) is 0 Å². The molecule has 8 heteroatoms. The van der Waals surface area contributed by atoms with Gasteiger partial charge in [-0.3, -0.25) is 9.59 Å². The molecule has 1 saturated heterocycles. The van der Waals surface area contributed by atoms with Crippen LogP contribution in [0.15, 0.2) is 65.5 Å². The minimum Gasteiger partial charge on any atom is -0.444 e. The Labute approximate surface area is 222 Å². The van der Waals surface area contributed by atoms with E-state index in [2.05, 4.69) is 32.7 Å². The smallest absolute Gasteiger partial charge is 0.251 e. The van der Waals surface area contributed by atoms with Crippen LogP contribution in [0.5, 0.6) is 0 Å². The number of hydrogen-bond donors (Lipinski definition) is 2. The quantitative estimate of drug-likeness (QED) is 0.497. The van der Waals surface area contributed by atoms with Crippen LogP contribution in [0.25, 0.3) is 11.3 Å². The zero-order valence-corrected chi connectivity index (χ0v) is 21.6. The Morgan fingerprint density at radius 3 is 2.71 bits per heavy atom. The molecule has 8 nitrogen and oxygen atoms in total. The van der Waals surface area contributed by atoms with E-state index in [1.54, 1.807) is 25.4 Å². The number of methoxy groups -OCH3 is 1. The van der Waals surface area contributed by atoms with Crippen LogP contribution in [0.4, 0.5) is 5.69 Å². The molecule has 2 fully saturated rings. The molecule has 38 heavy (non-hydrogen) atoms. The molecule has 1 aliphatic carbocycles. The number of aromatic nitrogens is 1. The molecular weight excluding hydrogens is 480 g/mol. The van der Waals surface area contributed by atoms with Gasteiger partial charge in [-0.05, 0) is 43.0 Å². The van der Waals surface area contributed by atoms with E-state index in [0.717, 1.165) is 49.9 Å². The maximum Gasteiger partial charge on any atom is 0.251 e. The number of likely N-dealkylation sites (tertiary alicyclic amines) is 1. The van der Waals surface area contributed by atoms with Gasteiger partial charge >= 0.3 is 0 Å². The van der Waals surface area contributed by atoms with Crippen LogP contribution in [0.1, 0.15) is 54.1 Å². The fourth-order valence-electron chi connectivity index (χ4n) is 6.63. The highest BCUT2D eigenvalue weighted by molar-refractivity contribution is 5.95. The second-order valence-corrected chi connectivity index (χ2v) is 10.6. The topological polar surface area (TPSA) is 96.7 Å². The molecule has 0 spiro atoms. The van der Waals surface area contributed by atoms with Crippen LogP contribution < -0.4 is 10.6 Å². The normalized spacial score (nSPS) is 26.2. The van der Waals surface area contributed by atoms with Gasteiger partial charge in [-0.15, -0.1) is 0 Å². The van der Waals surface area contributed by atoms with Gasteiger partial charge < -0.3 is 24.7 Å². The Balaban J connectivity index is 1.20. The number of nitrogens with one attached hydrogen (secondary N) is 2. The third-order valence-electron chi connectivity index (χ3n) is 8.47. The molecular formula is C30H34N4O4. The number of hydrogen-bond acceptors (Lipinski definition) is 6. The Morgan fingerprint density at radius 1 is 1.11 bits per heavy atom. The van der Waals surface area contributed by atoms with Crippen LogP contribution in [0, 0.1) is 11.8 Å². The first kappa shape index (κ1) is 24.7. The maximum atomic E-state index is 14.1. The van der Waals surface area contributed by atoms with Gasteiger partial charge in [0.15, 0.2) is 12.2 Å². The molecule has 1 unspecified atom stereocenters. The largest absolute Gasteiger partial charge is 0.444 e. The summed E-state index contributed by atoms with van der Waals surface area (Å²) in [5.41, 5.74) is 3.69. The monoisotopic (exact) mass is 514 g/mol. The van der Waals surface area contributed by atoms with Crippen molar-refractivity contribution in [1.82, 2.24) is 15.2 Å². The number of oxazole rings is 1. The first-order valence-corrected chi connectivity index (χ1v) is 13.6. The predicted molar refractivity (Wildman–Crippen MR) is 143 cm³/mol. The van der Waals surface area contributed by atoms with Crippen molar-refractivity contribution in [2.45, 2.75) is 50.2 Å². The summed E-state index contributed by atoms with van der Waals surface area (Å²) >= 11 is 0. The van der Waals surface area contributed by atoms with Gasteiger partial charge in [0.2, 0.25) is 5.91 Å². The fraction of sp³-hybridized carbons (Fsp3) is 0.433. The second-order valence-electron chi connectivity index (χ2n) is 10.6. The predicted octanol–water partition coefficient (Wildman–Crippen LogP) is 4.66. The number of benzene rings is 2. The van der Waals surface area contributed by atoms with Crippen LogP contribution in [0.3, 0.4) is 0 Å². The van der Waals surface area contributed by atoms with E-state index >= 15 is 0 Å². The van der Waals surface area contributed by atoms with Gasteiger partial charge in [-0.25, -0.2) is 4.98 Å². The van der Waals surface area contributed by atoms with Crippen molar-refractivity contribution in [3.63, 3.8) is 0 Å². The number of carbonyl (C=O) groups is 2. The minimum absolute atomic E-state index is 0.0296. The van der Waals surface area contributed by atoms with E-state index in [9.17, 15) is 9.59 Å². The average molecular weight is 515 g/mol. The van der Waals surface area contributed by atoms with E-state index in [4.69, 9.17) is 9.15 Å². The summed E-state index contributed by atoms with van der Waals surface area (Å²) in [5.74, 6) is 0.753. The summed E-state index contributed by atoms with van der Waals surface area (Å²) in [6.45, 7) is 1.33. The maximum absolute atomic E-state index is 14.1. The Hall–Kier alpha value is -3.65. The molecule has 6 rings (SSSR count). The van der Waals surface area contributed by atoms with Crippen LogP contribution >= 0.6 is 0 Å². The number of anilines is 1. The van der Waals surface area contributed by atoms with Crippen molar-refractivity contribution in [2.75, 3.05) is 25.6 Å². The standard InChI is InChI=1S/C30H34N4O4/c1-37-17-26-22-14-15-34(28(22)21-6-2-4-8-24(21)32-26)30(36)23-7-3-5-9-25(23)33-29(35)20-12-10-19(11-13-20)27-16-31-18-38-27/h2,4,6,8,10-13,16,18,22-23,25-26,28,32H,3,5,7,9,14-15,17H2,1H3,(H,33,35)/t22-,23+,25-,26?,28+/m1/s1. The molecule has 1 aromatic heterocycles. The van der Waals surface area contributed by atoms with Gasteiger partial charge in [-0.1, -0.05) is 43.2 Å². The number of para-hydroxylation sites is 1. The summed E-state index contributed by atoms with van der Waals surface area (Å²) in [7, 11) is 1.73. The Kier molecular flexibility index (Phi) is 6.89. The second kappa shape index (κ2) is 10.6. The summed E-state index contributed by atoms with van der Waals surface area (Å²) < 4.78 is 10.9. The number of fused-ring (bicyclic) bond motifs is 3. The molecule has 2 aromatic carbocycles. The summed E-state index contributed by atoms with van der Waals surface area (Å²) in [6, 6.07) is 15.6. The third kappa shape index (κ3) is 4.58. The highest BCUT2D eigenvalue weighted by Crippen LogP contribution is 2.47. The summed E-state index contributed by atoms with van der Waals surface area (Å²) in [5, 5.41) is 6.85. The van der Waals surface area contributed by atoms with Crippen molar-refractivity contribution in [1.29, 1.82) is 0 Å². The SMILES string of the molecule is COCC1Nc2ccccc2[C@H]2[C@@H]1CCN2C(=O)[C@H]1CCCC[C@H]1NC(=O)c1ccc(-c2cnco2)cc1. The molecule has 1 saturated carbocycles. The molecule has 0 radical (unpaired) electrons. The number of rotatable bonds is 6. The molecule has 2 N–H and O–H groups in total. The van der Waals surface area contributed by atoms with Crippen molar-refractivity contribution >= 4 is 17.5 Å². The zero-order valence-electron chi connectivity index (χ0n) is 21.6. The van der Waals surface area contributed by atoms with Gasteiger partial charge in [0.25, 0.3) is 5.91 Å². The van der Waals surface area contributed by atoms with E-state index in [1.807, 2.05) is 24.3 Å². The Morgan fingerprint density at radius 2 is 1.92 bits per heavy atom. The molecule has 5 atom stereocenters. The molecule has 3 aromatic rings. The van der Waals surface area contributed by atoms with E-state index < -0.39 is 0 Å². The minimum atomic E-state index is -0.220. The molecule has 2 amide bonds. The molecule has 0 bridgehead atoms. The fourth-order valence-corrected chi connectivity index (χ4v) is 6.63. The third-order valence-corrected chi connectivity index (χ3v) is 8.47. The van der Waals surface area contributed by atoms with Crippen molar-refractivity contribution in [3.05, 3.63) is 72.2 Å². The summed E-state index contributed by atoms with van der Waals surface area (Å²) in [6.07, 6.45) is 7.59. The van der Waals surface area contributed by atoms with E-state index in [-0.39, 0.29) is 35.9 Å². The molecule has 2 aliphatic heterocycles.